The molecule has 76 heavy (non-hydrogen) atoms. The van der Waals surface area contributed by atoms with Crippen molar-refractivity contribution in [3.63, 3.8) is 0 Å². The SMILES string of the molecule is CCOP(=O)(c1ccccc1)c1cc(C#Cc2ccc(OCCOCCOCCOC)cc2)cc(CBr)n1.CCOP(=O)(c1ccccc1)c1cc(C#Cc2ccc(OCCOCCOCCOC)cc2)cc(CO)n1. The van der Waals surface area contributed by atoms with E-state index in [1.54, 1.807) is 75.7 Å². The van der Waals surface area contributed by atoms with Gasteiger partial charge in [-0.15, -0.1) is 0 Å². The summed E-state index contributed by atoms with van der Waals surface area (Å²) in [4.78, 5) is 9.01. The van der Waals surface area contributed by atoms with Crippen molar-refractivity contribution in [3.8, 4) is 35.2 Å². The summed E-state index contributed by atoms with van der Waals surface area (Å²) in [7, 11) is -3.53. The third kappa shape index (κ3) is 20.8. The average molecular weight is 1140 g/mol. The minimum atomic E-state index is -3.45. The molecule has 2 unspecified atom stereocenters. The Labute approximate surface area is 455 Å². The predicted molar refractivity (Wildman–Crippen MR) is 300 cm³/mol. The summed E-state index contributed by atoms with van der Waals surface area (Å²) in [6, 6.07) is 40.1. The van der Waals surface area contributed by atoms with Crippen molar-refractivity contribution in [2.75, 3.05) is 107 Å². The van der Waals surface area contributed by atoms with Gasteiger partial charge in [0.15, 0.2) is 0 Å². The number of methoxy groups -OCH3 is 2. The Bertz CT molecular complexity index is 2650. The summed E-state index contributed by atoms with van der Waals surface area (Å²) < 4.78 is 82.3. The first-order chi connectivity index (χ1) is 37.2. The number of benzene rings is 4. The van der Waals surface area contributed by atoms with Crippen LogP contribution in [0.4, 0.5) is 0 Å². The van der Waals surface area contributed by atoms with Crippen molar-refractivity contribution in [2.24, 2.45) is 0 Å². The van der Waals surface area contributed by atoms with Crippen molar-refractivity contribution in [2.45, 2.75) is 25.8 Å². The molecular formula is C58H67BrN2O13P2. The highest BCUT2D eigenvalue weighted by atomic mass is 79.9. The number of hydrogen-bond acceptors (Lipinski definition) is 15. The highest BCUT2D eigenvalue weighted by Gasteiger charge is 2.32. The Balaban J connectivity index is 0.000000281. The lowest BCUT2D eigenvalue weighted by Gasteiger charge is -2.18. The fraction of sp³-hybridized carbons (Fsp3) is 0.345. The third-order valence-electron chi connectivity index (χ3n) is 10.5. The summed E-state index contributed by atoms with van der Waals surface area (Å²) >= 11 is 3.46. The van der Waals surface area contributed by atoms with Crippen molar-refractivity contribution in [1.29, 1.82) is 0 Å². The molecule has 0 aliphatic heterocycles. The zero-order valence-electron chi connectivity index (χ0n) is 43.5. The first kappa shape index (κ1) is 61.3. The lowest BCUT2D eigenvalue weighted by atomic mass is 10.2. The molecule has 2 aromatic heterocycles. The molecule has 0 bridgehead atoms. The van der Waals surface area contributed by atoms with E-state index in [1.165, 1.54) is 0 Å². The Kier molecular flexibility index (Phi) is 28.2. The Morgan fingerprint density at radius 3 is 1.18 bits per heavy atom. The molecule has 18 heteroatoms. The molecule has 0 amide bonds. The molecule has 2 heterocycles. The van der Waals surface area contributed by atoms with Crippen LogP contribution in [0.3, 0.4) is 0 Å². The van der Waals surface area contributed by atoms with Gasteiger partial charge in [-0.1, -0.05) is 76.0 Å². The van der Waals surface area contributed by atoms with E-state index >= 15 is 0 Å². The third-order valence-corrected chi connectivity index (χ3v) is 15.9. The number of halogens is 1. The number of aromatic nitrogens is 2. The number of pyridine rings is 2. The maximum Gasteiger partial charge on any atom is 0.279 e. The first-order valence-electron chi connectivity index (χ1n) is 24.8. The molecule has 0 spiro atoms. The molecule has 0 fully saturated rings. The molecule has 404 valence electrons. The van der Waals surface area contributed by atoms with Crippen LogP contribution in [0.15, 0.2) is 133 Å². The van der Waals surface area contributed by atoms with E-state index in [4.69, 9.17) is 46.9 Å². The van der Waals surface area contributed by atoms with Gasteiger partial charge in [0.25, 0.3) is 14.7 Å². The Hall–Kier alpha value is -5.52. The highest BCUT2D eigenvalue weighted by Crippen LogP contribution is 2.45. The van der Waals surface area contributed by atoms with E-state index in [1.807, 2.05) is 85.8 Å². The van der Waals surface area contributed by atoms with Gasteiger partial charge < -0.3 is 52.0 Å². The maximum atomic E-state index is 14.0. The number of alkyl halides is 1. The molecule has 0 aliphatic rings. The van der Waals surface area contributed by atoms with E-state index in [9.17, 15) is 14.2 Å². The quantitative estimate of drug-likeness (QED) is 0.0199. The standard InChI is InChI=1S/C29H33BrNO6P.C29H34NO7P/c1-3-37-38(32,28-7-5-4-6-8-28)29-22-25(21-26(23-30)31-29)10-9-24-11-13-27(14-12-24)36-20-19-35-18-17-34-16-15-33-2;1-3-37-38(32,28-7-5-4-6-8-28)29-22-25(21-26(23-31)30-29)10-9-24-11-13-27(14-12-24)36-20-19-35-18-17-34-16-15-33-2/h4-8,11-14,21-22H,3,15-20,23H2,1-2H3;4-8,11-14,21-22,31H,3,15-20,23H2,1-2H3. The van der Waals surface area contributed by atoms with Gasteiger partial charge in [0, 0.05) is 52.4 Å². The molecule has 15 nitrogen and oxygen atoms in total. The van der Waals surface area contributed by atoms with Crippen molar-refractivity contribution >= 4 is 52.1 Å². The molecule has 0 saturated carbocycles. The number of ether oxygens (including phenoxy) is 8. The van der Waals surface area contributed by atoms with Crippen LogP contribution in [0.5, 0.6) is 11.5 Å². The van der Waals surface area contributed by atoms with Crippen LogP contribution >= 0.6 is 30.7 Å². The fourth-order valence-corrected chi connectivity index (χ4v) is 11.2. The van der Waals surface area contributed by atoms with Gasteiger partial charge in [-0.25, -0.2) is 9.97 Å². The second-order valence-electron chi connectivity index (χ2n) is 16.0. The van der Waals surface area contributed by atoms with Crippen molar-refractivity contribution < 1.29 is 61.2 Å². The van der Waals surface area contributed by atoms with Crippen LogP contribution in [-0.2, 0) is 58.5 Å². The summed E-state index contributed by atoms with van der Waals surface area (Å²) in [5, 5.41) is 11.4. The van der Waals surface area contributed by atoms with Crippen molar-refractivity contribution in [3.05, 3.63) is 167 Å². The van der Waals surface area contributed by atoms with E-state index in [2.05, 4.69) is 49.6 Å². The normalized spacial score (nSPS) is 12.4. The van der Waals surface area contributed by atoms with Gasteiger partial charge in [-0.3, -0.25) is 9.13 Å². The van der Waals surface area contributed by atoms with Gasteiger partial charge in [-0.2, -0.15) is 0 Å². The molecular weight excluding hydrogens is 1070 g/mol. The second-order valence-corrected chi connectivity index (χ2v) is 21.2. The lowest BCUT2D eigenvalue weighted by molar-refractivity contribution is 0.0180. The Morgan fingerprint density at radius 1 is 0.461 bits per heavy atom. The van der Waals surface area contributed by atoms with Crippen LogP contribution in [-0.4, -0.2) is 122 Å². The topological polar surface area (TPSA) is 172 Å². The largest absolute Gasteiger partial charge is 0.491 e. The number of hydrogen-bond donors (Lipinski definition) is 1. The lowest BCUT2D eigenvalue weighted by Crippen LogP contribution is -2.22. The van der Waals surface area contributed by atoms with Crippen molar-refractivity contribution in [1.82, 2.24) is 9.97 Å². The summed E-state index contributed by atoms with van der Waals surface area (Å²) in [5.41, 5.74) is 4.65. The minimum Gasteiger partial charge on any atom is -0.491 e. The smallest absolute Gasteiger partial charge is 0.279 e. The first-order valence-corrected chi connectivity index (χ1v) is 29.1. The second kappa shape index (κ2) is 35.0. The number of rotatable bonds is 30. The van der Waals surface area contributed by atoms with E-state index in [0.29, 0.717) is 130 Å². The van der Waals surface area contributed by atoms with Crippen LogP contribution in [0.1, 0.15) is 47.5 Å². The number of aliphatic hydroxyl groups is 1. The van der Waals surface area contributed by atoms with Gasteiger partial charge in [0.1, 0.15) is 35.6 Å². The minimum absolute atomic E-state index is 0.252. The van der Waals surface area contributed by atoms with Crippen LogP contribution in [0.25, 0.3) is 0 Å². The van der Waals surface area contributed by atoms with E-state index in [-0.39, 0.29) is 18.6 Å². The van der Waals surface area contributed by atoms with Gasteiger partial charge in [0.2, 0.25) is 0 Å². The average Bonchev–Trinajstić information content (AvgIpc) is 3.46. The zero-order valence-corrected chi connectivity index (χ0v) is 46.9. The molecule has 1 N–H and O–H groups in total. The maximum absolute atomic E-state index is 14.0. The molecule has 2 atom stereocenters. The number of nitrogens with zero attached hydrogens (tertiary/aromatic N) is 2. The van der Waals surface area contributed by atoms with Gasteiger partial charge >= 0.3 is 0 Å². The summed E-state index contributed by atoms with van der Waals surface area (Å²) in [6.45, 7) is 9.99. The predicted octanol–water partition coefficient (Wildman–Crippen LogP) is 8.00. The molecule has 6 aromatic rings. The summed E-state index contributed by atoms with van der Waals surface area (Å²) in [5.74, 6) is 14.0. The van der Waals surface area contributed by atoms with Crippen LogP contribution in [0, 0.1) is 23.7 Å². The molecule has 0 radical (unpaired) electrons. The fourth-order valence-electron chi connectivity index (χ4n) is 6.82. The van der Waals surface area contributed by atoms with Gasteiger partial charge in [0.05, 0.1) is 97.3 Å². The molecule has 6 rings (SSSR count). The monoisotopic (exact) mass is 1140 g/mol. The highest BCUT2D eigenvalue weighted by molar-refractivity contribution is 9.08. The van der Waals surface area contributed by atoms with E-state index in [0.717, 1.165) is 22.6 Å². The molecule has 4 aromatic carbocycles. The zero-order chi connectivity index (χ0) is 54.1. The molecule has 0 saturated heterocycles. The number of aliphatic hydroxyl groups excluding tert-OH is 1. The molecule has 0 aliphatic carbocycles. The van der Waals surface area contributed by atoms with E-state index < -0.39 is 14.7 Å². The van der Waals surface area contributed by atoms with Gasteiger partial charge in [-0.05, 0) is 111 Å². The summed E-state index contributed by atoms with van der Waals surface area (Å²) in [6.07, 6.45) is 0. The Morgan fingerprint density at radius 2 is 0.816 bits per heavy atom. The van der Waals surface area contributed by atoms with Crippen LogP contribution in [0.2, 0.25) is 0 Å². The van der Waals surface area contributed by atoms with Crippen LogP contribution < -0.4 is 31.0 Å².